The maximum Gasteiger partial charge on any atom is 0.416 e. The van der Waals surface area contributed by atoms with Gasteiger partial charge in [-0.2, -0.15) is 18.4 Å². The molecule has 0 spiro atoms. The number of pyridine rings is 1. The van der Waals surface area contributed by atoms with Crippen LogP contribution in [0.1, 0.15) is 46.0 Å². The van der Waals surface area contributed by atoms with E-state index < -0.39 is 17.6 Å². The molecule has 1 saturated carbocycles. The molecule has 13 heteroatoms. The second kappa shape index (κ2) is 11.9. The molecule has 1 aliphatic carbocycles. The Morgan fingerprint density at radius 2 is 1.93 bits per heavy atom. The molecule has 0 bridgehead atoms. The summed E-state index contributed by atoms with van der Waals surface area (Å²) in [4.78, 5) is 19.8. The lowest BCUT2D eigenvalue weighted by Gasteiger charge is -2.19. The number of methoxy groups -OCH3 is 1. The van der Waals surface area contributed by atoms with Crippen LogP contribution in [-0.4, -0.2) is 52.0 Å². The largest absolute Gasteiger partial charge is 0.416 e. The Morgan fingerprint density at radius 3 is 2.60 bits per heavy atom. The number of carbonyl (C=O) groups excluding carboxylic acids is 1. The number of anilines is 2. The van der Waals surface area contributed by atoms with E-state index in [1.54, 1.807) is 42.2 Å². The summed E-state index contributed by atoms with van der Waals surface area (Å²) in [6, 6.07) is 13.6. The number of rotatable bonds is 10. The minimum absolute atomic E-state index is 0.00264. The van der Waals surface area contributed by atoms with Crippen molar-refractivity contribution in [3.63, 3.8) is 0 Å². The number of aromatic nitrogens is 4. The van der Waals surface area contributed by atoms with Gasteiger partial charge in [-0.3, -0.25) is 9.69 Å². The van der Waals surface area contributed by atoms with Gasteiger partial charge >= 0.3 is 6.18 Å². The fourth-order valence-corrected chi connectivity index (χ4v) is 5.59. The Balaban J connectivity index is 1.44. The smallest absolute Gasteiger partial charge is 0.383 e. The highest BCUT2D eigenvalue weighted by Crippen LogP contribution is 2.42. The van der Waals surface area contributed by atoms with Crippen molar-refractivity contribution >= 4 is 17.5 Å². The minimum Gasteiger partial charge on any atom is -0.383 e. The fourth-order valence-electron chi connectivity index (χ4n) is 5.59. The average molecular weight is 617 g/mol. The van der Waals surface area contributed by atoms with Crippen molar-refractivity contribution in [2.75, 3.05) is 30.5 Å². The van der Waals surface area contributed by atoms with E-state index >= 15 is 0 Å². The number of fused-ring (bicyclic) bond motifs is 1. The number of nitriles is 1. The van der Waals surface area contributed by atoms with Gasteiger partial charge in [-0.05, 0) is 77.1 Å². The lowest BCUT2D eigenvalue weighted by molar-refractivity contribution is -0.138. The highest BCUT2D eigenvalue weighted by Gasteiger charge is 2.41. The third-order valence-electron chi connectivity index (χ3n) is 8.16. The molecule has 232 valence electrons. The molecule has 0 unspecified atom stereocenters. The molecule has 3 heterocycles. The normalized spacial score (nSPS) is 17.4. The molecule has 2 aromatic carbocycles. The van der Waals surface area contributed by atoms with Gasteiger partial charge in [-0.15, -0.1) is 10.2 Å². The van der Waals surface area contributed by atoms with Crippen molar-refractivity contribution in [1.29, 1.82) is 5.26 Å². The van der Waals surface area contributed by atoms with Crippen molar-refractivity contribution < 1.29 is 22.7 Å². The van der Waals surface area contributed by atoms with Crippen LogP contribution < -0.4 is 15.5 Å². The molecule has 0 saturated heterocycles. The van der Waals surface area contributed by atoms with Gasteiger partial charge in [-0.25, -0.2) is 4.98 Å². The van der Waals surface area contributed by atoms with Crippen LogP contribution in [0.15, 0.2) is 48.8 Å². The SMILES string of the molecule is COCCNCc1cc2c(c(C(F)(F)F)c1)CN(c1cc(-c3cc(C#N)ccc3-c3nncn3C)cc(N[C@@H]3C[C@H]3C)n1)C2=O. The number of carbonyl (C=O) groups is 1. The van der Waals surface area contributed by atoms with Gasteiger partial charge in [0.25, 0.3) is 5.91 Å². The first-order valence-electron chi connectivity index (χ1n) is 14.5. The van der Waals surface area contributed by atoms with Gasteiger partial charge in [0.1, 0.15) is 18.0 Å². The number of nitrogens with one attached hydrogen (secondary N) is 2. The second-order valence-corrected chi connectivity index (χ2v) is 11.4. The van der Waals surface area contributed by atoms with Gasteiger partial charge in [-0.1, -0.05) is 6.92 Å². The lowest BCUT2D eigenvalue weighted by atomic mass is 9.97. The van der Waals surface area contributed by atoms with Crippen LogP contribution in [0.5, 0.6) is 0 Å². The van der Waals surface area contributed by atoms with Crippen LogP contribution in [0, 0.1) is 17.2 Å². The van der Waals surface area contributed by atoms with Gasteiger partial charge in [0, 0.05) is 44.4 Å². The minimum atomic E-state index is -4.66. The topological polar surface area (TPSA) is 121 Å². The van der Waals surface area contributed by atoms with E-state index in [2.05, 4.69) is 33.8 Å². The number of hydrogen-bond donors (Lipinski definition) is 2. The molecule has 0 radical (unpaired) electrons. The number of amides is 1. The summed E-state index contributed by atoms with van der Waals surface area (Å²) in [5.41, 5.74) is 1.78. The summed E-state index contributed by atoms with van der Waals surface area (Å²) in [6.45, 7) is 2.81. The van der Waals surface area contributed by atoms with E-state index in [9.17, 15) is 23.2 Å². The number of benzene rings is 2. The Morgan fingerprint density at radius 1 is 1.13 bits per heavy atom. The van der Waals surface area contributed by atoms with Crippen molar-refractivity contribution in [1.82, 2.24) is 25.1 Å². The molecule has 2 aliphatic rings. The zero-order valence-electron chi connectivity index (χ0n) is 24.9. The number of ether oxygens (including phenoxy) is 1. The third-order valence-corrected chi connectivity index (χ3v) is 8.16. The van der Waals surface area contributed by atoms with Gasteiger partial charge < -0.3 is 19.9 Å². The highest BCUT2D eigenvalue weighted by atomic mass is 19.4. The third kappa shape index (κ3) is 6.11. The van der Waals surface area contributed by atoms with Crippen molar-refractivity contribution in [2.45, 2.75) is 38.7 Å². The quantitative estimate of drug-likeness (QED) is 0.235. The predicted molar refractivity (Wildman–Crippen MR) is 161 cm³/mol. The first kappa shape index (κ1) is 30.2. The summed E-state index contributed by atoms with van der Waals surface area (Å²) in [5.74, 6) is 1.10. The summed E-state index contributed by atoms with van der Waals surface area (Å²) in [5, 5.41) is 24.4. The van der Waals surface area contributed by atoms with Crippen molar-refractivity contribution in [3.8, 4) is 28.6 Å². The maximum atomic E-state index is 14.3. The summed E-state index contributed by atoms with van der Waals surface area (Å²) in [7, 11) is 3.34. The number of nitrogens with zero attached hydrogens (tertiary/aromatic N) is 6. The Hall–Kier alpha value is -4.80. The first-order chi connectivity index (χ1) is 21.6. The first-order valence-corrected chi connectivity index (χ1v) is 14.5. The number of halogens is 3. The molecule has 1 fully saturated rings. The van der Waals surface area contributed by atoms with Crippen LogP contribution in [-0.2, 0) is 31.1 Å². The molecule has 1 amide bonds. The van der Waals surface area contributed by atoms with Gasteiger partial charge in [0.15, 0.2) is 5.82 Å². The molecule has 2 aromatic heterocycles. The molecular formula is C32H31F3N8O2. The zero-order chi connectivity index (χ0) is 31.9. The number of aryl methyl sites for hydroxylation is 1. The van der Waals surface area contributed by atoms with Crippen LogP contribution >= 0.6 is 0 Å². The molecule has 6 rings (SSSR count). The molecule has 45 heavy (non-hydrogen) atoms. The molecule has 4 aromatic rings. The molecule has 10 nitrogen and oxygen atoms in total. The fraction of sp³-hybridized carbons (Fsp3) is 0.344. The Labute approximate surface area is 257 Å². The number of alkyl halides is 3. The summed E-state index contributed by atoms with van der Waals surface area (Å²) in [6.07, 6.45) is -2.15. The maximum absolute atomic E-state index is 14.3. The summed E-state index contributed by atoms with van der Waals surface area (Å²) >= 11 is 0. The van der Waals surface area contributed by atoms with Crippen LogP contribution in [0.3, 0.4) is 0 Å². The summed E-state index contributed by atoms with van der Waals surface area (Å²) < 4.78 is 49.7. The lowest BCUT2D eigenvalue weighted by Crippen LogP contribution is -2.24. The van der Waals surface area contributed by atoms with E-state index in [1.807, 2.05) is 6.07 Å². The predicted octanol–water partition coefficient (Wildman–Crippen LogP) is 5.15. The Bertz CT molecular complexity index is 1810. The average Bonchev–Trinajstić information content (AvgIpc) is 3.37. The van der Waals surface area contributed by atoms with Crippen LogP contribution in [0.25, 0.3) is 22.5 Å². The monoisotopic (exact) mass is 616 g/mol. The van der Waals surface area contributed by atoms with Gasteiger partial charge in [0.05, 0.1) is 30.3 Å². The molecule has 2 atom stereocenters. The second-order valence-electron chi connectivity index (χ2n) is 11.4. The van der Waals surface area contributed by atoms with Crippen LogP contribution in [0.2, 0.25) is 0 Å². The van der Waals surface area contributed by atoms with E-state index in [1.165, 1.54) is 18.1 Å². The van der Waals surface area contributed by atoms with Crippen molar-refractivity contribution in [3.05, 3.63) is 76.6 Å². The Kier molecular flexibility index (Phi) is 8.03. The van der Waals surface area contributed by atoms with E-state index in [0.717, 1.165) is 12.5 Å². The van der Waals surface area contributed by atoms with Crippen molar-refractivity contribution in [2.24, 2.45) is 13.0 Å². The van der Waals surface area contributed by atoms with E-state index in [-0.39, 0.29) is 36.1 Å². The van der Waals surface area contributed by atoms with E-state index in [0.29, 0.717) is 58.5 Å². The zero-order valence-corrected chi connectivity index (χ0v) is 24.9. The van der Waals surface area contributed by atoms with Gasteiger partial charge in [0.2, 0.25) is 0 Å². The molecular weight excluding hydrogens is 585 g/mol. The number of hydrogen-bond acceptors (Lipinski definition) is 8. The van der Waals surface area contributed by atoms with E-state index in [4.69, 9.17) is 9.72 Å². The standard InChI is InChI=1S/C32H31F3N8O2/c1-18-8-27(18)39-28-12-21(23-9-19(14-36)4-5-22(23)30-41-38-17-42(30)2)13-29(40-28)43-16-25-24(31(43)44)10-20(15-37-6-7-45-3)11-26(25)32(33,34)35/h4-5,9-13,17-18,27,37H,6-8,15-16H2,1-3H3,(H,39,40)/t18-,27-/m1/s1. The van der Waals surface area contributed by atoms with Crippen LogP contribution in [0.4, 0.5) is 24.8 Å². The molecule has 2 N–H and O–H groups in total. The highest BCUT2D eigenvalue weighted by molar-refractivity contribution is 6.10. The molecule has 1 aliphatic heterocycles.